The van der Waals surface area contributed by atoms with Crippen LogP contribution in [0.1, 0.15) is 40.0 Å². The molecule has 4 fully saturated rings. The van der Waals surface area contributed by atoms with Gasteiger partial charge >= 0.3 is 6.09 Å². The van der Waals surface area contributed by atoms with Crippen LogP contribution in [-0.4, -0.2) is 83.7 Å². The number of ether oxygens (including phenoxy) is 2. The van der Waals surface area contributed by atoms with Gasteiger partial charge in [0.25, 0.3) is 5.91 Å². The Morgan fingerprint density at radius 2 is 1.89 bits per heavy atom. The number of nitrogens with zero attached hydrogens (tertiary/aromatic N) is 3. The van der Waals surface area contributed by atoms with Gasteiger partial charge in [0.1, 0.15) is 30.0 Å². The van der Waals surface area contributed by atoms with E-state index in [1.807, 2.05) is 6.07 Å². The van der Waals surface area contributed by atoms with Crippen LogP contribution in [0.3, 0.4) is 0 Å². The van der Waals surface area contributed by atoms with Crippen LogP contribution < -0.4 is 15.4 Å². The van der Waals surface area contributed by atoms with E-state index in [9.17, 15) is 33.2 Å². The van der Waals surface area contributed by atoms with Gasteiger partial charge in [0.15, 0.2) is 17.4 Å². The number of alkyl halides is 1. The summed E-state index contributed by atoms with van der Waals surface area (Å²) in [4.78, 5) is 56.7. The zero-order valence-electron chi connectivity index (χ0n) is 24.7. The number of halogens is 3. The molecule has 1 spiro atoms. The smallest absolute Gasteiger partial charge is 0.407 e. The molecule has 9 unspecified atom stereocenters. The summed E-state index contributed by atoms with van der Waals surface area (Å²) in [5.74, 6) is -5.66. The van der Waals surface area contributed by atoms with Crippen molar-refractivity contribution in [3.05, 3.63) is 23.8 Å². The van der Waals surface area contributed by atoms with Crippen LogP contribution in [0.5, 0.6) is 5.75 Å². The molecule has 2 bridgehead atoms. The fourth-order valence-corrected chi connectivity index (χ4v) is 8.09. The predicted octanol–water partition coefficient (Wildman–Crippen LogP) is 2.75. The Morgan fingerprint density at radius 3 is 2.55 bits per heavy atom. The van der Waals surface area contributed by atoms with Crippen LogP contribution in [0.15, 0.2) is 12.1 Å². The van der Waals surface area contributed by atoms with Crippen molar-refractivity contribution in [3.63, 3.8) is 0 Å². The first-order valence-corrected chi connectivity index (χ1v) is 14.7. The number of hydrogen-bond donors (Lipinski definition) is 2. The first-order valence-electron chi connectivity index (χ1n) is 14.7. The molecule has 3 aliphatic heterocycles. The monoisotopic (exact) mass is 617 g/mol. The van der Waals surface area contributed by atoms with Crippen LogP contribution in [0.2, 0.25) is 0 Å². The van der Waals surface area contributed by atoms with Crippen LogP contribution in [-0.2, 0) is 19.1 Å². The summed E-state index contributed by atoms with van der Waals surface area (Å²) in [5.41, 5.74) is -3.18. The fourth-order valence-electron chi connectivity index (χ4n) is 8.09. The molecule has 14 heteroatoms. The topological polar surface area (TPSA) is 141 Å². The number of methoxy groups -OCH3 is 1. The van der Waals surface area contributed by atoms with Gasteiger partial charge in [-0.15, -0.1) is 0 Å². The van der Waals surface area contributed by atoms with Crippen LogP contribution in [0.4, 0.5) is 23.7 Å². The Labute approximate surface area is 252 Å². The molecule has 4 amide bonds. The number of hydrogen-bond acceptors (Lipinski definition) is 7. The molecule has 2 aliphatic carbocycles. The van der Waals surface area contributed by atoms with E-state index in [1.165, 1.54) is 12.0 Å². The summed E-state index contributed by atoms with van der Waals surface area (Å²) < 4.78 is 54.7. The average Bonchev–Trinajstić information content (AvgIpc) is 3.73. The SMILES string of the molecule is COC(=O)NC(C(=O)N1CC2C3CC(F)C(C3)C2C1C(=O)N1CC2(CC1C#N)Oc1c(F)ccc(F)c1NC2=O)C(C)(C)C. The molecule has 1 aromatic rings. The van der Waals surface area contributed by atoms with Gasteiger partial charge in [-0.1, -0.05) is 20.8 Å². The molecule has 9 atom stereocenters. The summed E-state index contributed by atoms with van der Waals surface area (Å²) in [6, 6.07) is 0.214. The first kappa shape index (κ1) is 30.0. The van der Waals surface area contributed by atoms with Crippen molar-refractivity contribution in [2.24, 2.45) is 29.1 Å². The third-order valence-electron chi connectivity index (χ3n) is 10.1. The van der Waals surface area contributed by atoms with Crippen molar-refractivity contribution in [2.45, 2.75) is 69.9 Å². The Morgan fingerprint density at radius 1 is 1.18 bits per heavy atom. The number of rotatable bonds is 3. The lowest BCUT2D eigenvalue weighted by molar-refractivity contribution is -0.149. The third-order valence-corrected chi connectivity index (χ3v) is 10.1. The third kappa shape index (κ3) is 4.45. The second-order valence-corrected chi connectivity index (χ2v) is 13.6. The van der Waals surface area contributed by atoms with E-state index < -0.39 is 101 Å². The van der Waals surface area contributed by atoms with Crippen molar-refractivity contribution in [3.8, 4) is 11.8 Å². The number of fused-ring (bicyclic) bond motifs is 6. The minimum absolute atomic E-state index is 0.0340. The summed E-state index contributed by atoms with van der Waals surface area (Å²) in [6.45, 7) is 4.92. The van der Waals surface area contributed by atoms with Crippen molar-refractivity contribution < 1.29 is 41.8 Å². The minimum atomic E-state index is -1.90. The molecule has 1 aromatic carbocycles. The van der Waals surface area contributed by atoms with Gasteiger partial charge in [-0.3, -0.25) is 14.4 Å². The van der Waals surface area contributed by atoms with Gasteiger partial charge in [-0.25, -0.2) is 18.0 Å². The lowest BCUT2D eigenvalue weighted by Gasteiger charge is -2.38. The van der Waals surface area contributed by atoms with Gasteiger partial charge in [-0.05, 0) is 54.1 Å². The number of carbonyl (C=O) groups excluding carboxylic acids is 4. The molecule has 44 heavy (non-hydrogen) atoms. The van der Waals surface area contributed by atoms with Crippen molar-refractivity contribution in [1.82, 2.24) is 15.1 Å². The number of alkyl carbamates (subject to hydrolysis) is 1. The number of nitrogens with one attached hydrogen (secondary N) is 2. The number of nitriles is 1. The maximum Gasteiger partial charge on any atom is 0.407 e. The van der Waals surface area contributed by atoms with Gasteiger partial charge in [0.2, 0.25) is 17.4 Å². The highest BCUT2D eigenvalue weighted by Crippen LogP contribution is 2.59. The maximum absolute atomic E-state index is 15.2. The van der Waals surface area contributed by atoms with Gasteiger partial charge in [0, 0.05) is 13.0 Å². The number of anilines is 1. The first-order chi connectivity index (χ1) is 20.7. The highest BCUT2D eigenvalue weighted by molar-refractivity contribution is 6.02. The Bertz CT molecular complexity index is 1480. The van der Waals surface area contributed by atoms with E-state index >= 15 is 4.39 Å². The van der Waals surface area contributed by atoms with Crippen LogP contribution in [0.25, 0.3) is 0 Å². The molecule has 236 valence electrons. The summed E-state index contributed by atoms with van der Waals surface area (Å²) in [7, 11) is 1.17. The summed E-state index contributed by atoms with van der Waals surface area (Å²) in [6.07, 6.45) is -1.42. The van der Waals surface area contributed by atoms with E-state index in [4.69, 9.17) is 9.47 Å². The molecule has 5 aliphatic rings. The van der Waals surface area contributed by atoms with Crippen molar-refractivity contribution >= 4 is 29.5 Å². The highest BCUT2D eigenvalue weighted by Gasteiger charge is 2.65. The second-order valence-electron chi connectivity index (χ2n) is 13.6. The Kier molecular flexibility index (Phi) is 7.01. The van der Waals surface area contributed by atoms with Gasteiger partial charge in [-0.2, -0.15) is 5.26 Å². The van der Waals surface area contributed by atoms with Gasteiger partial charge in [0.05, 0.1) is 19.7 Å². The van der Waals surface area contributed by atoms with E-state index in [1.54, 1.807) is 20.8 Å². The minimum Gasteiger partial charge on any atom is -0.470 e. The van der Waals surface area contributed by atoms with Crippen molar-refractivity contribution in [2.75, 3.05) is 25.5 Å². The van der Waals surface area contributed by atoms with E-state index in [2.05, 4.69) is 10.6 Å². The number of amides is 4. The molecule has 2 saturated carbocycles. The quantitative estimate of drug-likeness (QED) is 0.532. The largest absolute Gasteiger partial charge is 0.470 e. The van der Waals surface area contributed by atoms with E-state index in [-0.39, 0.29) is 24.8 Å². The Balaban J connectivity index is 1.35. The van der Waals surface area contributed by atoms with Crippen LogP contribution >= 0.6 is 0 Å². The lowest BCUT2D eigenvalue weighted by atomic mass is 9.77. The summed E-state index contributed by atoms with van der Waals surface area (Å²) in [5, 5.41) is 15.0. The number of benzene rings is 1. The molecule has 11 nitrogen and oxygen atoms in total. The number of likely N-dealkylation sites (tertiary alicyclic amines) is 2. The zero-order valence-corrected chi connectivity index (χ0v) is 24.7. The lowest BCUT2D eigenvalue weighted by Crippen LogP contribution is -2.60. The van der Waals surface area contributed by atoms with Crippen molar-refractivity contribution in [1.29, 1.82) is 5.26 Å². The number of carbonyl (C=O) groups is 4. The molecule has 0 aromatic heterocycles. The molecule has 3 heterocycles. The second kappa shape index (κ2) is 10.3. The Hall–Kier alpha value is -4.02. The zero-order chi connectivity index (χ0) is 31.9. The highest BCUT2D eigenvalue weighted by atomic mass is 19.1. The fraction of sp³-hybridized carbons (Fsp3) is 0.633. The van der Waals surface area contributed by atoms with E-state index in [0.717, 1.165) is 17.0 Å². The molecular weight excluding hydrogens is 583 g/mol. The molecule has 2 N–H and O–H groups in total. The van der Waals surface area contributed by atoms with Gasteiger partial charge < -0.3 is 29.9 Å². The molecule has 6 rings (SSSR count). The molecule has 0 radical (unpaired) electrons. The molecule has 2 saturated heterocycles. The molecular formula is C30H34F3N5O6. The van der Waals surface area contributed by atoms with E-state index in [0.29, 0.717) is 12.8 Å². The normalized spacial score (nSPS) is 34.1. The van der Waals surface area contributed by atoms with Crippen LogP contribution in [0, 0.1) is 52.1 Å². The maximum atomic E-state index is 15.2. The average molecular weight is 618 g/mol. The predicted molar refractivity (Wildman–Crippen MR) is 146 cm³/mol. The standard InChI is InChI=1S/C30H34F3N5O6/c1-29(2,3)24(36-28(42)43-4)26(40)37-11-16-13-7-15(19(33)8-13)20(16)22(37)25(39)38-12-30(9-14(38)10-34)27(41)35-21-17(31)5-6-18(32)23(21)44-30/h5-6,13-16,19-20,22,24H,7-9,11-12H2,1-4H3,(H,35,41)(H,36,42). The summed E-state index contributed by atoms with van der Waals surface area (Å²) >= 11 is 0.